The van der Waals surface area contributed by atoms with Crippen LogP contribution in [0.2, 0.25) is 0 Å². The van der Waals surface area contributed by atoms with Gasteiger partial charge in [0.05, 0.1) is 0 Å². The number of rotatable bonds is 3. The third-order valence-electron chi connectivity index (χ3n) is 2.73. The molecule has 2 N–H and O–H groups in total. The molecule has 0 saturated carbocycles. The topological polar surface area (TPSA) is 57.5 Å². The number of phenols is 1. The number of aromatic hydroxyl groups is 1. The van der Waals surface area contributed by atoms with Crippen LogP contribution in [0.5, 0.6) is 5.75 Å². The molecule has 0 fully saturated rings. The number of fused-ring (bicyclic) bond motifs is 1. The first-order valence-electron chi connectivity index (χ1n) is 5.22. The molecule has 3 nitrogen and oxygen atoms in total. The van der Waals surface area contributed by atoms with Crippen molar-refractivity contribution in [2.45, 2.75) is 12.3 Å². The Labute approximate surface area is 101 Å². The minimum atomic E-state index is -2.96. The van der Waals surface area contributed by atoms with Crippen LogP contribution in [0.15, 0.2) is 36.4 Å². The van der Waals surface area contributed by atoms with E-state index in [-0.39, 0.29) is 11.3 Å². The molecule has 94 valence electrons. The highest BCUT2D eigenvalue weighted by Crippen LogP contribution is 2.28. The van der Waals surface area contributed by atoms with E-state index in [2.05, 4.69) is 0 Å². The predicted molar refractivity (Wildman–Crippen MR) is 62.0 cm³/mol. The van der Waals surface area contributed by atoms with Gasteiger partial charge < -0.3 is 10.2 Å². The quantitative estimate of drug-likeness (QED) is 0.882. The van der Waals surface area contributed by atoms with Crippen molar-refractivity contribution >= 4 is 16.7 Å². The summed E-state index contributed by atoms with van der Waals surface area (Å²) in [5.74, 6) is -3.31. The monoisotopic (exact) mass is 252 g/mol. The van der Waals surface area contributed by atoms with Gasteiger partial charge in [-0.1, -0.05) is 24.3 Å². The Morgan fingerprint density at radius 3 is 2.28 bits per heavy atom. The lowest BCUT2D eigenvalue weighted by Crippen LogP contribution is -2.19. The molecule has 0 aromatic heterocycles. The van der Waals surface area contributed by atoms with E-state index in [1.165, 1.54) is 30.3 Å². The summed E-state index contributed by atoms with van der Waals surface area (Å²) >= 11 is 0. The summed E-state index contributed by atoms with van der Waals surface area (Å²) in [6.07, 6.45) is -2.96. The number of carboxylic acid groups (broad SMARTS) is 1. The molecule has 0 spiro atoms. The lowest BCUT2D eigenvalue weighted by Gasteiger charge is -2.12. The van der Waals surface area contributed by atoms with E-state index in [4.69, 9.17) is 5.11 Å². The van der Waals surface area contributed by atoms with Gasteiger partial charge in [-0.05, 0) is 28.5 Å². The third kappa shape index (κ3) is 2.25. The Morgan fingerprint density at radius 1 is 1.06 bits per heavy atom. The lowest BCUT2D eigenvalue weighted by atomic mass is 9.96. The molecule has 0 bridgehead atoms. The van der Waals surface area contributed by atoms with Crippen molar-refractivity contribution in [3.63, 3.8) is 0 Å². The molecule has 2 aromatic carbocycles. The summed E-state index contributed by atoms with van der Waals surface area (Å²) < 4.78 is 25.4. The molecule has 1 unspecified atom stereocenters. The Kier molecular flexibility index (Phi) is 3.14. The van der Waals surface area contributed by atoms with Crippen molar-refractivity contribution in [3.05, 3.63) is 42.0 Å². The zero-order valence-electron chi connectivity index (χ0n) is 9.18. The second kappa shape index (κ2) is 4.60. The first-order valence-corrected chi connectivity index (χ1v) is 5.22. The molecule has 2 aromatic rings. The van der Waals surface area contributed by atoms with Crippen molar-refractivity contribution in [2.75, 3.05) is 0 Å². The van der Waals surface area contributed by atoms with E-state index in [9.17, 15) is 18.7 Å². The van der Waals surface area contributed by atoms with E-state index in [1.54, 1.807) is 6.07 Å². The SMILES string of the molecule is O=C(O)C(c1ccc2cc(O)ccc2c1)C(F)F. The van der Waals surface area contributed by atoms with Crippen LogP contribution in [0.1, 0.15) is 11.5 Å². The fourth-order valence-electron chi connectivity index (χ4n) is 1.84. The maximum atomic E-state index is 12.7. The number of hydrogen-bond acceptors (Lipinski definition) is 2. The number of alkyl halides is 2. The van der Waals surface area contributed by atoms with Crippen LogP contribution in [0.4, 0.5) is 8.78 Å². The highest BCUT2D eigenvalue weighted by molar-refractivity contribution is 5.86. The first kappa shape index (κ1) is 12.3. The van der Waals surface area contributed by atoms with Crippen LogP contribution >= 0.6 is 0 Å². The number of aliphatic carboxylic acids is 1. The Morgan fingerprint density at radius 2 is 1.67 bits per heavy atom. The maximum absolute atomic E-state index is 12.7. The van der Waals surface area contributed by atoms with Crippen molar-refractivity contribution < 1.29 is 23.8 Å². The number of carboxylic acids is 1. The molecule has 0 saturated heterocycles. The van der Waals surface area contributed by atoms with Gasteiger partial charge in [0.15, 0.2) is 0 Å². The molecular weight excluding hydrogens is 242 g/mol. The second-order valence-electron chi connectivity index (χ2n) is 3.94. The summed E-state index contributed by atoms with van der Waals surface area (Å²) in [6.45, 7) is 0. The van der Waals surface area contributed by atoms with Gasteiger partial charge in [-0.15, -0.1) is 0 Å². The number of phenolic OH excluding ortho intramolecular Hbond substituents is 1. The van der Waals surface area contributed by atoms with E-state index >= 15 is 0 Å². The van der Waals surface area contributed by atoms with Gasteiger partial charge in [0.2, 0.25) is 0 Å². The van der Waals surface area contributed by atoms with Gasteiger partial charge in [-0.2, -0.15) is 0 Å². The second-order valence-corrected chi connectivity index (χ2v) is 3.94. The average molecular weight is 252 g/mol. The average Bonchev–Trinajstić information content (AvgIpc) is 2.28. The number of halogens is 2. The predicted octanol–water partition coefficient (Wildman–Crippen LogP) is 2.98. The largest absolute Gasteiger partial charge is 0.508 e. The van der Waals surface area contributed by atoms with Crippen molar-refractivity contribution in [2.24, 2.45) is 0 Å². The van der Waals surface area contributed by atoms with Crippen LogP contribution in [-0.2, 0) is 4.79 Å². The van der Waals surface area contributed by atoms with Crippen LogP contribution < -0.4 is 0 Å². The summed E-state index contributed by atoms with van der Waals surface area (Å²) in [6, 6.07) is 8.72. The maximum Gasteiger partial charge on any atom is 0.316 e. The van der Waals surface area contributed by atoms with Gasteiger partial charge in [0, 0.05) is 0 Å². The van der Waals surface area contributed by atoms with Crippen LogP contribution in [0, 0.1) is 0 Å². The zero-order chi connectivity index (χ0) is 13.3. The van der Waals surface area contributed by atoms with E-state index in [0.29, 0.717) is 10.8 Å². The molecule has 1 atom stereocenters. The van der Waals surface area contributed by atoms with E-state index in [0.717, 1.165) is 0 Å². The van der Waals surface area contributed by atoms with E-state index < -0.39 is 18.3 Å². The summed E-state index contributed by atoms with van der Waals surface area (Å²) in [5.41, 5.74) is 0.0516. The molecule has 5 heteroatoms. The zero-order valence-corrected chi connectivity index (χ0v) is 9.18. The highest BCUT2D eigenvalue weighted by Gasteiger charge is 2.29. The van der Waals surface area contributed by atoms with Gasteiger partial charge in [0.25, 0.3) is 6.43 Å². The van der Waals surface area contributed by atoms with E-state index in [1.807, 2.05) is 0 Å². The van der Waals surface area contributed by atoms with Crippen molar-refractivity contribution in [1.82, 2.24) is 0 Å². The van der Waals surface area contributed by atoms with Gasteiger partial charge in [0.1, 0.15) is 11.7 Å². The van der Waals surface area contributed by atoms with Gasteiger partial charge in [-0.25, -0.2) is 8.78 Å². The van der Waals surface area contributed by atoms with Crippen LogP contribution in [-0.4, -0.2) is 22.6 Å². The number of hydrogen-bond donors (Lipinski definition) is 2. The fourth-order valence-corrected chi connectivity index (χ4v) is 1.84. The highest BCUT2D eigenvalue weighted by atomic mass is 19.3. The Balaban J connectivity index is 2.52. The molecule has 0 amide bonds. The standard InChI is InChI=1S/C13H10F2O3/c14-12(15)11(13(17)18)9-2-1-8-6-10(16)4-3-7(8)5-9/h1-6,11-12,16H,(H,17,18). The summed E-state index contributed by atoms with van der Waals surface area (Å²) in [7, 11) is 0. The minimum Gasteiger partial charge on any atom is -0.508 e. The van der Waals surface area contributed by atoms with Gasteiger partial charge >= 0.3 is 5.97 Å². The minimum absolute atomic E-state index is 0.0516. The molecule has 0 radical (unpaired) electrons. The fraction of sp³-hybridized carbons (Fsp3) is 0.154. The normalized spacial score (nSPS) is 12.8. The first-order chi connectivity index (χ1) is 8.49. The molecular formula is C13H10F2O3. The third-order valence-corrected chi connectivity index (χ3v) is 2.73. The molecule has 0 aliphatic heterocycles. The Bertz CT molecular complexity index is 596. The van der Waals surface area contributed by atoms with Crippen LogP contribution in [0.3, 0.4) is 0 Å². The van der Waals surface area contributed by atoms with Crippen molar-refractivity contribution in [3.8, 4) is 5.75 Å². The van der Waals surface area contributed by atoms with Crippen LogP contribution in [0.25, 0.3) is 10.8 Å². The molecule has 0 aliphatic carbocycles. The van der Waals surface area contributed by atoms with Gasteiger partial charge in [-0.3, -0.25) is 4.79 Å². The smallest absolute Gasteiger partial charge is 0.316 e. The number of carbonyl (C=O) groups is 1. The Hall–Kier alpha value is -2.17. The molecule has 2 rings (SSSR count). The summed E-state index contributed by atoms with van der Waals surface area (Å²) in [4.78, 5) is 10.8. The lowest BCUT2D eigenvalue weighted by molar-refractivity contribution is -0.142. The summed E-state index contributed by atoms with van der Waals surface area (Å²) in [5, 5.41) is 19.3. The molecule has 0 aliphatic rings. The molecule has 18 heavy (non-hydrogen) atoms. The molecule has 0 heterocycles. The number of benzene rings is 2. The van der Waals surface area contributed by atoms with Crippen molar-refractivity contribution in [1.29, 1.82) is 0 Å².